The summed E-state index contributed by atoms with van der Waals surface area (Å²) in [5.41, 5.74) is 0. The second-order valence-corrected chi connectivity index (χ2v) is 10.8. The van der Waals surface area contributed by atoms with E-state index < -0.39 is 20.3 Å². The molecule has 4 heterocycles. The van der Waals surface area contributed by atoms with Gasteiger partial charge in [-0.05, 0) is 0 Å². The van der Waals surface area contributed by atoms with Crippen LogP contribution < -0.4 is 20.4 Å². The molecule has 0 aromatic carbocycles. The molecule has 0 atom stereocenters. The molecular weight excluding hydrogens is 1240 g/mol. The van der Waals surface area contributed by atoms with E-state index >= 15 is 0 Å². The van der Waals surface area contributed by atoms with Gasteiger partial charge in [0.25, 0.3) is 0 Å². The average molecular weight is 1300 g/mol. The smallest absolute Gasteiger partial charge is 0.142 e. The molecule has 0 saturated heterocycles. The third-order valence-electron chi connectivity index (χ3n) is 6.66. The van der Waals surface area contributed by atoms with Crippen LogP contribution in [0, 0.1) is 124 Å². The van der Waals surface area contributed by atoms with Gasteiger partial charge in [-0.15, -0.1) is 0 Å². The van der Waals surface area contributed by atoms with Gasteiger partial charge in [-0.3, -0.25) is 0 Å². The summed E-state index contributed by atoms with van der Waals surface area (Å²) in [5, 5.41) is 103. The van der Waals surface area contributed by atoms with Gasteiger partial charge in [0.05, 0.1) is 20.3 Å². The third-order valence-corrected chi connectivity index (χ3v) is 6.66. The Hall–Kier alpha value is -3.38. The minimum absolute atomic E-state index is 0. The minimum Gasteiger partial charge on any atom is -2.00 e. The first-order valence-corrected chi connectivity index (χ1v) is 16.7. The normalized spacial score (nSPS) is 13.6. The molecule has 0 aliphatic carbocycles. The van der Waals surface area contributed by atoms with E-state index in [-0.39, 0.29) is 84.1 Å². The minimum atomic E-state index is -1.75. The summed E-state index contributed by atoms with van der Waals surface area (Å²) in [6.07, 6.45) is 11.7. The van der Waals surface area contributed by atoms with Gasteiger partial charge in [0.2, 0.25) is 0 Å². The molecule has 0 aromatic rings. The molecule has 0 saturated carbocycles. The zero-order chi connectivity index (χ0) is 41.1. The molecule has 0 fully saturated rings. The molecule has 4 rings (SSSR count). The van der Waals surface area contributed by atoms with Crippen LogP contribution in [0.1, 0.15) is 105 Å². The largest absolute Gasteiger partial charge is 2.00 e. The molecule has 0 N–H and O–H groups in total. The molecule has 0 radical (unpaired) electrons. The molecule has 0 aromatic heterocycles. The van der Waals surface area contributed by atoms with E-state index in [9.17, 15) is 20.4 Å². The van der Waals surface area contributed by atoms with E-state index in [0.717, 1.165) is 129 Å². The predicted octanol–water partition coefficient (Wildman–Crippen LogP) is -1.59. The second kappa shape index (κ2) is 53.6. The monoisotopic (exact) mass is 1300 g/mol. The summed E-state index contributed by atoms with van der Waals surface area (Å²) in [5.74, 6) is 1.38. The maximum Gasteiger partial charge on any atom is 0.142 e. The maximum atomic E-state index is 10.9. The Labute approximate surface area is 382 Å². The van der Waals surface area contributed by atoms with Gasteiger partial charge in [0, 0.05) is 139 Å². The Bertz CT molecular complexity index is 990. The van der Waals surface area contributed by atoms with E-state index in [4.69, 9.17) is 61.3 Å². The van der Waals surface area contributed by atoms with Crippen molar-refractivity contribution in [2.24, 2.45) is 0 Å². The number of rotatable bonds is 8. The van der Waals surface area contributed by atoms with Crippen molar-refractivity contribution >= 4 is 23.6 Å². The summed E-state index contributed by atoms with van der Waals surface area (Å²) >= 11 is 0. The average Bonchev–Trinajstić information content (AvgIpc) is 3.82. The van der Waals surface area contributed by atoms with Gasteiger partial charge in [-0.2, -0.15) is 0 Å². The number of hydrogen-bond donors (Lipinski definition) is 0. The predicted molar refractivity (Wildman–Crippen MR) is 182 cm³/mol. The van der Waals surface area contributed by atoms with Crippen LogP contribution in [0.25, 0.3) is 0 Å². The quantitative estimate of drug-likeness (QED) is 0.150. The van der Waals surface area contributed by atoms with Crippen LogP contribution in [0.15, 0.2) is 0 Å². The van der Waals surface area contributed by atoms with Gasteiger partial charge >= 0.3 is 0 Å². The fourth-order valence-corrected chi connectivity index (χ4v) is 4.84. The molecule has 4 aliphatic rings. The SMILES string of the molecule is CCC[N+]1=C([O-])CCC1.CCC[N+]1=C([O-])CCC1.CCC[N+]1=C([O-])CCC1.CCC[N+]1=C([O-])CCC1.O=[N+]([O-])[O-].O=[N+]([O-])[O-].O=[N+]([O-])[O-].O=[N+]([O-])[O-].[O-2].[O-2].[O-2].[O-2].[U].[U]. The Balaban J connectivity index is -0.0000000574. The van der Waals surface area contributed by atoms with Crippen molar-refractivity contribution in [3.63, 3.8) is 0 Å². The molecule has 0 amide bonds. The molecule has 0 unspecified atom stereocenters. The standard InChI is InChI=1S/4C7H13NO.4NO3.4O.2U/c4*1-2-5-8-6-3-4-7(8)9;4*2-1(3)4;;;;;;/h4*2-6H2,1H3;;;;;;;;;;/q;;;;4*-1;4*-2;;. The zero-order valence-electron chi connectivity index (χ0n) is 32.9. The summed E-state index contributed by atoms with van der Waals surface area (Å²) in [6, 6.07) is 0. The maximum absolute atomic E-state index is 10.9. The van der Waals surface area contributed by atoms with Crippen molar-refractivity contribution in [1.82, 2.24) is 0 Å². The van der Waals surface area contributed by atoms with Crippen LogP contribution in [-0.4, -0.2) is 115 Å². The number of hydrogen-bond acceptors (Lipinski definition) is 16. The summed E-state index contributed by atoms with van der Waals surface area (Å²) in [4.78, 5) is 33.0. The van der Waals surface area contributed by atoms with E-state index in [2.05, 4.69) is 27.7 Å². The summed E-state index contributed by atoms with van der Waals surface area (Å²) in [6.45, 7) is 16.2. The molecule has 0 spiro atoms. The van der Waals surface area contributed by atoms with Crippen LogP contribution in [0.5, 0.6) is 0 Å². The molecule has 30 heteroatoms. The Morgan fingerprint density at radius 3 is 0.569 bits per heavy atom. The van der Waals surface area contributed by atoms with Crippen molar-refractivity contribution < 1.29 is 143 Å². The fourth-order valence-electron chi connectivity index (χ4n) is 4.84. The second-order valence-electron chi connectivity index (χ2n) is 10.8. The van der Waals surface area contributed by atoms with Crippen LogP contribution >= 0.6 is 0 Å². The molecule has 28 nitrogen and oxygen atoms in total. The van der Waals surface area contributed by atoms with Crippen molar-refractivity contribution in [3.8, 4) is 0 Å². The Kier molecular flexibility index (Phi) is 72.9. The van der Waals surface area contributed by atoms with Crippen LogP contribution in [0.2, 0.25) is 0 Å². The summed E-state index contributed by atoms with van der Waals surface area (Å²) in [7, 11) is 0. The van der Waals surface area contributed by atoms with Gasteiger partial charge < -0.3 is 104 Å². The van der Waals surface area contributed by atoms with Gasteiger partial charge in [-0.25, -0.2) is 18.3 Å². The van der Waals surface area contributed by atoms with Crippen LogP contribution in [-0.2, 0) is 21.9 Å². The number of nitrogens with zero attached hydrogens (tertiary/aromatic N) is 8. The van der Waals surface area contributed by atoms with E-state index in [1.807, 2.05) is 18.3 Å². The third kappa shape index (κ3) is 59.3. The van der Waals surface area contributed by atoms with Crippen LogP contribution in [0.4, 0.5) is 0 Å². The molecule has 4 aliphatic heterocycles. The van der Waals surface area contributed by atoms with Gasteiger partial charge in [-0.1, -0.05) is 27.7 Å². The van der Waals surface area contributed by atoms with E-state index in [1.165, 1.54) is 0 Å². The molecule has 344 valence electrons. The first-order valence-electron chi connectivity index (χ1n) is 16.7. The molecular formula is C28H52N8O20U2-12. The molecule has 58 heavy (non-hydrogen) atoms. The van der Waals surface area contributed by atoms with E-state index in [0.29, 0.717) is 23.6 Å². The zero-order valence-corrected chi connectivity index (χ0v) is 41.2. The van der Waals surface area contributed by atoms with Gasteiger partial charge in [0.1, 0.15) is 75.9 Å². The summed E-state index contributed by atoms with van der Waals surface area (Å²) < 4.78 is 7.78. The van der Waals surface area contributed by atoms with Gasteiger partial charge in [0.15, 0.2) is 0 Å². The van der Waals surface area contributed by atoms with Crippen molar-refractivity contribution in [2.45, 2.75) is 105 Å². The van der Waals surface area contributed by atoms with Crippen molar-refractivity contribution in [2.75, 3.05) is 52.4 Å². The first kappa shape index (κ1) is 78.9. The van der Waals surface area contributed by atoms with Crippen molar-refractivity contribution in [1.29, 1.82) is 0 Å². The molecule has 0 bridgehead atoms. The topological polar surface area (TPSA) is 483 Å². The Morgan fingerprint density at radius 1 is 0.379 bits per heavy atom. The van der Waals surface area contributed by atoms with Crippen molar-refractivity contribution in [3.05, 3.63) is 61.3 Å². The van der Waals surface area contributed by atoms with E-state index in [1.54, 1.807) is 0 Å². The Morgan fingerprint density at radius 2 is 0.500 bits per heavy atom. The first-order chi connectivity index (χ1) is 24.3. The fraction of sp³-hybridized carbons (Fsp3) is 0.857. The van der Waals surface area contributed by atoms with Crippen LogP contribution in [0.3, 0.4) is 0 Å².